The fourth-order valence-corrected chi connectivity index (χ4v) is 4.83. The zero-order valence-electron chi connectivity index (χ0n) is 14.3. The predicted octanol–water partition coefficient (Wildman–Crippen LogP) is 2.00. The number of hydrogen-bond acceptors (Lipinski definition) is 6. The molecule has 0 aliphatic rings. The van der Waals surface area contributed by atoms with E-state index in [0.717, 1.165) is 12.1 Å². The molecular weight excluding hydrogens is 460 g/mol. The van der Waals surface area contributed by atoms with Crippen molar-refractivity contribution in [2.75, 3.05) is 0 Å². The highest BCUT2D eigenvalue weighted by Crippen LogP contribution is 2.27. The van der Waals surface area contributed by atoms with Gasteiger partial charge in [0.15, 0.2) is 0 Å². The average molecular weight is 477 g/mol. The number of hydrogen-bond donors (Lipinski definition) is 2. The fraction of sp³-hybridized carbons (Fsp3) is 0.188. The molecule has 146 valence electrons. The third-order valence-electron chi connectivity index (χ3n) is 3.23. The molecule has 8 nitrogen and oxygen atoms in total. The maximum atomic E-state index is 12.5. The molecular formula is C16H17BrN2O6S2. The summed E-state index contributed by atoms with van der Waals surface area (Å²) in [5.41, 5.74) is 0.0190. The first-order chi connectivity index (χ1) is 12.4. The molecule has 2 rings (SSSR count). The third-order valence-corrected chi connectivity index (χ3v) is 6.37. The van der Waals surface area contributed by atoms with E-state index in [1.54, 1.807) is 13.8 Å². The van der Waals surface area contributed by atoms with Gasteiger partial charge in [-0.2, -0.15) is 0 Å². The van der Waals surface area contributed by atoms with E-state index in [-0.39, 0.29) is 11.7 Å². The minimum Gasteiger partial charge on any atom is -0.490 e. The van der Waals surface area contributed by atoms with Crippen LogP contribution in [0.15, 0.2) is 56.7 Å². The standard InChI is InChI=1S/C16H17BrN2O6S2/c1-10(2)25-13-9-11(7-8-12(13)17)16(20)19-27(23,24)15-6-4-3-5-14(15)26(18,21)22/h3-10H,1-2H3,(H,19,20)(H2,18,21,22). The fourth-order valence-electron chi connectivity index (χ4n) is 2.13. The number of rotatable bonds is 6. The average Bonchev–Trinajstić information content (AvgIpc) is 2.55. The van der Waals surface area contributed by atoms with Gasteiger partial charge in [0, 0.05) is 5.56 Å². The van der Waals surface area contributed by atoms with Crippen LogP contribution < -0.4 is 14.6 Å². The number of nitrogens with two attached hydrogens (primary N) is 1. The van der Waals surface area contributed by atoms with Crippen LogP contribution in [-0.4, -0.2) is 28.8 Å². The van der Waals surface area contributed by atoms with Crippen molar-refractivity contribution < 1.29 is 26.4 Å². The van der Waals surface area contributed by atoms with Crippen molar-refractivity contribution in [2.45, 2.75) is 29.7 Å². The summed E-state index contributed by atoms with van der Waals surface area (Å²) in [6.07, 6.45) is -0.162. The Kier molecular flexibility index (Phi) is 6.30. The van der Waals surface area contributed by atoms with Gasteiger partial charge in [0.1, 0.15) is 15.5 Å². The number of sulfonamides is 2. The number of nitrogens with one attached hydrogen (secondary N) is 1. The lowest BCUT2D eigenvalue weighted by atomic mass is 10.2. The van der Waals surface area contributed by atoms with E-state index in [0.29, 0.717) is 10.2 Å². The minimum absolute atomic E-state index is 0.0190. The Balaban J connectivity index is 2.39. The molecule has 2 aromatic carbocycles. The number of ether oxygens (including phenoxy) is 1. The lowest BCUT2D eigenvalue weighted by Crippen LogP contribution is -2.32. The van der Waals surface area contributed by atoms with Gasteiger partial charge in [0.25, 0.3) is 15.9 Å². The maximum absolute atomic E-state index is 12.5. The minimum atomic E-state index is -4.48. The van der Waals surface area contributed by atoms with Crippen LogP contribution in [0.4, 0.5) is 0 Å². The maximum Gasteiger partial charge on any atom is 0.265 e. The van der Waals surface area contributed by atoms with Crippen LogP contribution in [0.5, 0.6) is 5.75 Å². The molecule has 1 amide bonds. The second kappa shape index (κ2) is 7.97. The van der Waals surface area contributed by atoms with Gasteiger partial charge in [-0.05, 0) is 60.1 Å². The molecule has 0 unspecified atom stereocenters. The molecule has 0 fully saturated rings. The molecule has 0 aliphatic carbocycles. The van der Waals surface area contributed by atoms with Gasteiger partial charge in [-0.25, -0.2) is 26.7 Å². The Labute approximate surface area is 166 Å². The molecule has 11 heteroatoms. The lowest BCUT2D eigenvalue weighted by Gasteiger charge is -2.13. The van der Waals surface area contributed by atoms with Crippen molar-refractivity contribution in [1.29, 1.82) is 0 Å². The highest BCUT2D eigenvalue weighted by Gasteiger charge is 2.26. The quantitative estimate of drug-likeness (QED) is 0.654. The number of carbonyl (C=O) groups is 1. The topological polar surface area (TPSA) is 133 Å². The summed E-state index contributed by atoms with van der Waals surface area (Å²) in [6.45, 7) is 3.60. The van der Waals surface area contributed by atoms with E-state index in [9.17, 15) is 21.6 Å². The highest BCUT2D eigenvalue weighted by molar-refractivity contribution is 9.10. The Hall–Kier alpha value is -1.95. The Bertz CT molecular complexity index is 1080. The van der Waals surface area contributed by atoms with Gasteiger partial charge in [-0.15, -0.1) is 0 Å². The Morgan fingerprint density at radius 3 is 2.22 bits per heavy atom. The first-order valence-corrected chi connectivity index (χ1v) is 11.4. The van der Waals surface area contributed by atoms with E-state index < -0.39 is 35.7 Å². The summed E-state index contributed by atoms with van der Waals surface area (Å²) in [4.78, 5) is 11.2. The molecule has 0 atom stereocenters. The summed E-state index contributed by atoms with van der Waals surface area (Å²) in [6, 6.07) is 9.05. The molecule has 0 spiro atoms. The highest BCUT2D eigenvalue weighted by atomic mass is 79.9. The van der Waals surface area contributed by atoms with Crippen LogP contribution >= 0.6 is 15.9 Å². The number of halogens is 1. The molecule has 2 aromatic rings. The van der Waals surface area contributed by atoms with Crippen molar-refractivity contribution in [3.05, 3.63) is 52.5 Å². The number of primary sulfonamides is 1. The summed E-state index contributed by atoms with van der Waals surface area (Å²) in [5.74, 6) is -0.583. The van der Waals surface area contributed by atoms with Gasteiger partial charge < -0.3 is 4.74 Å². The van der Waals surface area contributed by atoms with Crippen molar-refractivity contribution in [3.63, 3.8) is 0 Å². The number of carbonyl (C=O) groups excluding carboxylic acids is 1. The molecule has 0 saturated carbocycles. The molecule has 3 N–H and O–H groups in total. The monoisotopic (exact) mass is 476 g/mol. The number of benzene rings is 2. The SMILES string of the molecule is CC(C)Oc1cc(C(=O)NS(=O)(=O)c2ccccc2S(N)(=O)=O)ccc1Br. The van der Waals surface area contributed by atoms with Crippen LogP contribution in [0.25, 0.3) is 0 Å². The first-order valence-electron chi connectivity index (χ1n) is 7.57. The first kappa shape index (κ1) is 21.4. The van der Waals surface area contributed by atoms with Gasteiger partial charge in [-0.3, -0.25) is 4.79 Å². The number of amides is 1. The zero-order valence-corrected chi connectivity index (χ0v) is 17.6. The lowest BCUT2D eigenvalue weighted by molar-refractivity contribution is 0.0980. The largest absolute Gasteiger partial charge is 0.490 e. The van der Waals surface area contributed by atoms with Crippen molar-refractivity contribution in [3.8, 4) is 5.75 Å². The van der Waals surface area contributed by atoms with Crippen molar-refractivity contribution in [1.82, 2.24) is 4.72 Å². The van der Waals surface area contributed by atoms with Gasteiger partial charge in [-0.1, -0.05) is 12.1 Å². The molecule has 0 radical (unpaired) electrons. The van der Waals surface area contributed by atoms with Crippen molar-refractivity contribution >= 4 is 41.9 Å². The Morgan fingerprint density at radius 1 is 1.07 bits per heavy atom. The van der Waals surface area contributed by atoms with Crippen molar-refractivity contribution in [2.24, 2.45) is 5.14 Å². The Morgan fingerprint density at radius 2 is 1.67 bits per heavy atom. The molecule has 27 heavy (non-hydrogen) atoms. The summed E-state index contributed by atoms with van der Waals surface area (Å²) >= 11 is 3.28. The molecule has 0 heterocycles. The second-order valence-corrected chi connectivity index (χ2v) is 9.77. The van der Waals surface area contributed by atoms with E-state index in [1.165, 1.54) is 30.3 Å². The van der Waals surface area contributed by atoms with Crippen LogP contribution in [0.3, 0.4) is 0 Å². The summed E-state index contributed by atoms with van der Waals surface area (Å²) in [5, 5.41) is 5.05. The molecule has 0 bridgehead atoms. The molecule has 0 saturated heterocycles. The normalized spacial score (nSPS) is 12.0. The van der Waals surface area contributed by atoms with Gasteiger partial charge >= 0.3 is 0 Å². The summed E-state index contributed by atoms with van der Waals surface area (Å²) < 4.78 is 56.3. The van der Waals surface area contributed by atoms with Crippen LogP contribution in [-0.2, 0) is 20.0 Å². The zero-order chi connectivity index (χ0) is 20.4. The smallest absolute Gasteiger partial charge is 0.265 e. The van der Waals surface area contributed by atoms with E-state index >= 15 is 0 Å². The van der Waals surface area contributed by atoms with E-state index in [1.807, 2.05) is 4.72 Å². The molecule has 0 aromatic heterocycles. The summed E-state index contributed by atoms with van der Waals surface area (Å²) in [7, 11) is -8.78. The van der Waals surface area contributed by atoms with E-state index in [4.69, 9.17) is 9.88 Å². The molecule has 0 aliphatic heterocycles. The second-order valence-electron chi connectivity index (χ2n) is 5.74. The van der Waals surface area contributed by atoms with E-state index in [2.05, 4.69) is 15.9 Å². The predicted molar refractivity (Wildman–Crippen MR) is 102 cm³/mol. The van der Waals surface area contributed by atoms with Gasteiger partial charge in [0.05, 0.1) is 10.6 Å². The van der Waals surface area contributed by atoms with Crippen LogP contribution in [0.1, 0.15) is 24.2 Å². The third kappa shape index (κ3) is 5.28. The van der Waals surface area contributed by atoms with Gasteiger partial charge in [0.2, 0.25) is 10.0 Å². The van der Waals surface area contributed by atoms with Crippen LogP contribution in [0, 0.1) is 0 Å². The van der Waals surface area contributed by atoms with Crippen LogP contribution in [0.2, 0.25) is 0 Å².